The number of hydrogen-bond acceptors (Lipinski definition) is 3. The zero-order valence-electron chi connectivity index (χ0n) is 14.6. The summed E-state index contributed by atoms with van der Waals surface area (Å²) < 4.78 is 0. The van der Waals surface area contributed by atoms with E-state index in [1.807, 2.05) is 37.3 Å². The van der Waals surface area contributed by atoms with Crippen molar-refractivity contribution in [2.45, 2.75) is 38.3 Å². The minimum Gasteiger partial charge on any atom is -0.346 e. The molecule has 1 heterocycles. The van der Waals surface area contributed by atoms with Gasteiger partial charge in [-0.05, 0) is 35.2 Å². The number of carbonyl (C=O) groups is 2. The monoisotopic (exact) mass is 339 g/mol. The average molecular weight is 339 g/mol. The molecule has 3 rings (SSSR count). The van der Waals surface area contributed by atoms with Gasteiger partial charge < -0.3 is 16.0 Å². The summed E-state index contributed by atoms with van der Waals surface area (Å²) in [4.78, 5) is 26.4. The second-order valence-electron chi connectivity index (χ2n) is 6.52. The maximum absolute atomic E-state index is 12.8. The molecule has 2 atom stereocenters. The van der Waals surface area contributed by atoms with Crippen LogP contribution in [0, 0.1) is 0 Å². The Bertz CT molecular complexity index is 774. The Balaban J connectivity index is 1.77. The largest absolute Gasteiger partial charge is 0.346 e. The van der Waals surface area contributed by atoms with Crippen molar-refractivity contribution < 1.29 is 9.59 Å². The molecule has 0 saturated carbocycles. The molecule has 3 N–H and O–H groups in total. The van der Waals surface area contributed by atoms with Gasteiger partial charge in [-0.25, -0.2) is 0 Å². The van der Waals surface area contributed by atoms with E-state index in [0.29, 0.717) is 25.9 Å². The first-order valence-corrected chi connectivity index (χ1v) is 8.92. The Morgan fingerprint density at radius 1 is 1.24 bits per heavy atom. The molecule has 1 fully saturated rings. The number of nitrogens with zero attached hydrogens (tertiary/aromatic N) is 1. The molecule has 5 heteroatoms. The molecular formula is C20H25N3O2. The maximum atomic E-state index is 12.8. The lowest BCUT2D eigenvalue weighted by Crippen LogP contribution is -2.49. The lowest BCUT2D eigenvalue weighted by atomic mass is 10.0. The van der Waals surface area contributed by atoms with E-state index in [9.17, 15) is 9.59 Å². The van der Waals surface area contributed by atoms with E-state index in [4.69, 9.17) is 5.73 Å². The van der Waals surface area contributed by atoms with Crippen molar-refractivity contribution in [1.29, 1.82) is 0 Å². The fourth-order valence-electron chi connectivity index (χ4n) is 3.52. The maximum Gasteiger partial charge on any atom is 0.243 e. The van der Waals surface area contributed by atoms with Crippen LogP contribution >= 0.6 is 0 Å². The zero-order valence-corrected chi connectivity index (χ0v) is 14.6. The highest BCUT2D eigenvalue weighted by atomic mass is 16.2. The molecule has 0 aliphatic carbocycles. The molecular weight excluding hydrogens is 314 g/mol. The van der Waals surface area contributed by atoms with Gasteiger partial charge >= 0.3 is 0 Å². The van der Waals surface area contributed by atoms with Crippen LogP contribution in [0.15, 0.2) is 42.5 Å². The molecule has 1 saturated heterocycles. The smallest absolute Gasteiger partial charge is 0.243 e. The summed E-state index contributed by atoms with van der Waals surface area (Å²) in [5.74, 6) is -0.0571. The number of nitrogens with two attached hydrogens (primary N) is 1. The van der Waals surface area contributed by atoms with Crippen molar-refractivity contribution in [3.05, 3.63) is 48.0 Å². The summed E-state index contributed by atoms with van der Waals surface area (Å²) in [7, 11) is 0. The first-order chi connectivity index (χ1) is 12.1. The minimum atomic E-state index is -0.412. The van der Waals surface area contributed by atoms with Gasteiger partial charge in [-0.3, -0.25) is 9.59 Å². The number of rotatable bonds is 6. The number of hydrogen-bond donors (Lipinski definition) is 2. The number of carbonyl (C=O) groups excluding carboxylic acids is 2. The second kappa shape index (κ2) is 7.66. The molecule has 1 aliphatic heterocycles. The van der Waals surface area contributed by atoms with Crippen molar-refractivity contribution in [1.82, 2.24) is 10.2 Å². The van der Waals surface area contributed by atoms with Gasteiger partial charge in [0.2, 0.25) is 11.8 Å². The number of nitrogens with one attached hydrogen (secondary N) is 1. The lowest BCUT2D eigenvalue weighted by molar-refractivity contribution is -0.137. The van der Waals surface area contributed by atoms with Crippen LogP contribution in [0.25, 0.3) is 10.8 Å². The van der Waals surface area contributed by atoms with Gasteiger partial charge in [0.05, 0.1) is 6.04 Å². The number of amides is 2. The highest BCUT2D eigenvalue weighted by Gasteiger charge is 2.32. The first-order valence-electron chi connectivity index (χ1n) is 8.92. The minimum absolute atomic E-state index is 0.0667. The lowest BCUT2D eigenvalue weighted by Gasteiger charge is -2.28. The third kappa shape index (κ3) is 3.66. The Morgan fingerprint density at radius 2 is 2.00 bits per heavy atom. The van der Waals surface area contributed by atoms with Gasteiger partial charge in [-0.1, -0.05) is 43.3 Å². The van der Waals surface area contributed by atoms with E-state index in [1.165, 1.54) is 0 Å². The summed E-state index contributed by atoms with van der Waals surface area (Å²) in [5.41, 5.74) is 6.91. The van der Waals surface area contributed by atoms with E-state index >= 15 is 0 Å². The van der Waals surface area contributed by atoms with E-state index in [-0.39, 0.29) is 17.9 Å². The van der Waals surface area contributed by atoms with Crippen LogP contribution in [0.4, 0.5) is 0 Å². The van der Waals surface area contributed by atoms with E-state index in [0.717, 1.165) is 22.8 Å². The average Bonchev–Trinajstić information content (AvgIpc) is 3.05. The van der Waals surface area contributed by atoms with Gasteiger partial charge in [0.25, 0.3) is 0 Å². The molecule has 25 heavy (non-hydrogen) atoms. The quantitative estimate of drug-likeness (QED) is 0.848. The molecule has 2 aromatic rings. The summed E-state index contributed by atoms with van der Waals surface area (Å²) in [5, 5.41) is 5.31. The van der Waals surface area contributed by atoms with Crippen LogP contribution in [0.5, 0.6) is 0 Å². The molecule has 5 nitrogen and oxygen atoms in total. The van der Waals surface area contributed by atoms with Gasteiger partial charge in [-0.2, -0.15) is 0 Å². The van der Waals surface area contributed by atoms with E-state index < -0.39 is 6.04 Å². The van der Waals surface area contributed by atoms with E-state index in [1.54, 1.807) is 4.90 Å². The number of fused-ring (bicyclic) bond motifs is 1. The molecule has 2 aromatic carbocycles. The van der Waals surface area contributed by atoms with Crippen molar-refractivity contribution in [2.24, 2.45) is 5.73 Å². The van der Waals surface area contributed by atoms with Gasteiger partial charge in [0.1, 0.15) is 6.04 Å². The van der Waals surface area contributed by atoms with Crippen LogP contribution in [0.2, 0.25) is 0 Å². The Kier molecular flexibility index (Phi) is 5.34. The molecule has 0 radical (unpaired) electrons. The van der Waals surface area contributed by atoms with Crippen molar-refractivity contribution in [2.75, 3.05) is 13.1 Å². The molecule has 1 aliphatic rings. The van der Waals surface area contributed by atoms with Crippen LogP contribution < -0.4 is 11.1 Å². The van der Waals surface area contributed by atoms with Gasteiger partial charge in [-0.15, -0.1) is 0 Å². The van der Waals surface area contributed by atoms with E-state index in [2.05, 4.69) is 17.4 Å². The highest BCUT2D eigenvalue weighted by molar-refractivity contribution is 5.89. The molecule has 0 spiro atoms. The van der Waals surface area contributed by atoms with Gasteiger partial charge in [0, 0.05) is 19.5 Å². The normalized spacial score (nSPS) is 16.9. The SMILES string of the molecule is CCC(C(=O)NC(CN)c1ccc2ccccc2c1)N1CCCC1=O. The van der Waals surface area contributed by atoms with Crippen LogP contribution in [-0.4, -0.2) is 35.8 Å². The standard InChI is InChI=1S/C20H25N3O2/c1-2-18(23-11-5-8-19(23)24)20(25)22-17(13-21)16-10-9-14-6-3-4-7-15(14)12-16/h3-4,6-7,9-10,12,17-18H,2,5,8,11,13,21H2,1H3,(H,22,25). The van der Waals surface area contributed by atoms with Gasteiger partial charge in [0.15, 0.2) is 0 Å². The van der Waals surface area contributed by atoms with Crippen LogP contribution in [-0.2, 0) is 9.59 Å². The molecule has 2 unspecified atom stereocenters. The predicted octanol–water partition coefficient (Wildman–Crippen LogP) is 2.36. The topological polar surface area (TPSA) is 75.4 Å². The van der Waals surface area contributed by atoms with Crippen LogP contribution in [0.1, 0.15) is 37.8 Å². The summed E-state index contributed by atoms with van der Waals surface area (Å²) in [6.45, 7) is 2.91. The third-order valence-electron chi connectivity index (χ3n) is 4.90. The predicted molar refractivity (Wildman–Crippen MR) is 98.9 cm³/mol. The molecule has 0 aromatic heterocycles. The second-order valence-corrected chi connectivity index (χ2v) is 6.52. The number of likely N-dealkylation sites (tertiary alicyclic amines) is 1. The summed E-state index contributed by atoms with van der Waals surface area (Å²) in [6.07, 6.45) is 1.97. The molecule has 0 bridgehead atoms. The Labute approximate surface area is 148 Å². The third-order valence-corrected chi connectivity index (χ3v) is 4.90. The van der Waals surface area contributed by atoms with Crippen LogP contribution in [0.3, 0.4) is 0 Å². The fraction of sp³-hybridized carbons (Fsp3) is 0.400. The fourth-order valence-corrected chi connectivity index (χ4v) is 3.52. The Hall–Kier alpha value is -2.40. The molecule has 132 valence electrons. The van der Waals surface area contributed by atoms with Crippen molar-refractivity contribution in [3.8, 4) is 0 Å². The van der Waals surface area contributed by atoms with Crippen molar-refractivity contribution in [3.63, 3.8) is 0 Å². The highest BCUT2D eigenvalue weighted by Crippen LogP contribution is 2.21. The number of benzene rings is 2. The zero-order chi connectivity index (χ0) is 17.8. The summed E-state index contributed by atoms with van der Waals surface area (Å²) >= 11 is 0. The molecule has 2 amide bonds. The Morgan fingerprint density at radius 3 is 2.64 bits per heavy atom. The first kappa shape index (κ1) is 17.4. The summed E-state index contributed by atoms with van der Waals surface area (Å²) in [6, 6.07) is 13.5. The van der Waals surface area contributed by atoms with Crippen molar-refractivity contribution >= 4 is 22.6 Å².